The van der Waals surface area contributed by atoms with E-state index >= 15 is 0 Å². The third-order valence-electron chi connectivity index (χ3n) is 7.19. The Morgan fingerprint density at radius 1 is 1.09 bits per heavy atom. The predicted octanol–water partition coefficient (Wildman–Crippen LogP) is 6.79. The molecule has 0 amide bonds. The van der Waals surface area contributed by atoms with Crippen LogP contribution in [0, 0.1) is 5.41 Å². The topological polar surface area (TPSA) is 43.8 Å². The van der Waals surface area contributed by atoms with Crippen LogP contribution in [0.4, 0.5) is 11.4 Å². The van der Waals surface area contributed by atoms with E-state index in [1.807, 2.05) is 24.1 Å². The van der Waals surface area contributed by atoms with Gasteiger partial charge in [0.2, 0.25) is 0 Å². The van der Waals surface area contributed by atoms with Gasteiger partial charge in [0.25, 0.3) is 0 Å². The zero-order valence-corrected chi connectivity index (χ0v) is 20.2. The van der Waals surface area contributed by atoms with Crippen LogP contribution in [0.1, 0.15) is 29.6 Å². The highest BCUT2D eigenvalue weighted by Gasteiger charge is 2.53. The van der Waals surface area contributed by atoms with Crippen molar-refractivity contribution >= 4 is 41.1 Å². The van der Waals surface area contributed by atoms with Crippen LogP contribution in [-0.2, 0) is 0 Å². The quantitative estimate of drug-likeness (QED) is 0.332. The van der Waals surface area contributed by atoms with Crippen molar-refractivity contribution in [2.24, 2.45) is 5.41 Å². The van der Waals surface area contributed by atoms with Gasteiger partial charge in [-0.05, 0) is 90.4 Å². The van der Waals surface area contributed by atoms with Crippen molar-refractivity contribution in [3.63, 3.8) is 0 Å². The van der Waals surface area contributed by atoms with Gasteiger partial charge in [0.05, 0.1) is 11.3 Å². The number of fused-ring (bicyclic) bond motifs is 2. The van der Waals surface area contributed by atoms with Crippen molar-refractivity contribution in [2.75, 3.05) is 24.2 Å². The van der Waals surface area contributed by atoms with Gasteiger partial charge >= 0.3 is 5.97 Å². The lowest BCUT2D eigenvalue weighted by Gasteiger charge is -2.28. The first-order valence-corrected chi connectivity index (χ1v) is 13.4. The molecule has 1 saturated heterocycles. The molecule has 3 aliphatic rings. The predicted molar refractivity (Wildman–Crippen MR) is 137 cm³/mol. The molecular weight excluding hydrogens is 448 g/mol. The summed E-state index contributed by atoms with van der Waals surface area (Å²) in [5.41, 5.74) is 5.38. The van der Waals surface area contributed by atoms with Crippen molar-refractivity contribution in [1.82, 2.24) is 4.31 Å². The normalized spacial score (nSPS) is 20.9. The Labute approximate surface area is 203 Å². The molecular formula is C27H26N2O2S2. The molecule has 0 aromatic heterocycles. The fraction of sp³-hybridized carbons (Fsp3) is 0.296. The maximum Gasteiger partial charge on any atom is 0.335 e. The monoisotopic (exact) mass is 474 g/mol. The molecule has 1 atom stereocenters. The van der Waals surface area contributed by atoms with Crippen LogP contribution in [0.5, 0.6) is 0 Å². The summed E-state index contributed by atoms with van der Waals surface area (Å²) in [5.74, 6) is -0.892. The number of hydrogen-bond donors (Lipinski definition) is 1. The molecule has 1 saturated carbocycles. The van der Waals surface area contributed by atoms with Gasteiger partial charge in [0.15, 0.2) is 0 Å². The average molecular weight is 475 g/mol. The molecule has 4 nitrogen and oxygen atoms in total. The second-order valence-corrected chi connectivity index (χ2v) is 11.3. The Hall–Kier alpha value is -2.41. The van der Waals surface area contributed by atoms with Gasteiger partial charge < -0.3 is 10.0 Å². The second kappa shape index (κ2) is 8.12. The fourth-order valence-electron chi connectivity index (χ4n) is 5.26. The van der Waals surface area contributed by atoms with E-state index in [-0.39, 0.29) is 0 Å². The number of nitrogens with zero attached hydrogens (tertiary/aromatic N) is 2. The number of carbonyl (C=O) groups is 1. The molecule has 0 bridgehead atoms. The SMILES string of the molecule is CSc1cc2c(cc1-c1cccc(C(=O)O)c1)SN1CC3(CC3)CC1CN2c1ccccc1. The van der Waals surface area contributed by atoms with E-state index in [0.29, 0.717) is 17.0 Å². The summed E-state index contributed by atoms with van der Waals surface area (Å²) < 4.78 is 2.62. The number of rotatable bonds is 4. The van der Waals surface area contributed by atoms with Crippen LogP contribution >= 0.6 is 23.7 Å². The zero-order valence-electron chi connectivity index (χ0n) is 18.5. The minimum atomic E-state index is -0.892. The van der Waals surface area contributed by atoms with Gasteiger partial charge in [-0.1, -0.05) is 30.3 Å². The Morgan fingerprint density at radius 3 is 2.64 bits per heavy atom. The number of para-hydroxylation sites is 1. The summed E-state index contributed by atoms with van der Waals surface area (Å²) in [4.78, 5) is 16.5. The fourth-order valence-corrected chi connectivity index (χ4v) is 7.20. The van der Waals surface area contributed by atoms with E-state index in [4.69, 9.17) is 0 Å². The number of carboxylic acids is 1. The number of aromatic carboxylic acids is 1. The van der Waals surface area contributed by atoms with Gasteiger partial charge in [-0.2, -0.15) is 0 Å². The third kappa shape index (κ3) is 3.84. The summed E-state index contributed by atoms with van der Waals surface area (Å²) in [7, 11) is 0. The van der Waals surface area contributed by atoms with Crippen LogP contribution in [0.2, 0.25) is 0 Å². The molecule has 6 rings (SSSR count). The van der Waals surface area contributed by atoms with Gasteiger partial charge in [-0.25, -0.2) is 9.10 Å². The maximum atomic E-state index is 11.6. The highest BCUT2D eigenvalue weighted by Crippen LogP contribution is 2.59. The first-order chi connectivity index (χ1) is 16.0. The number of hydrogen-bond acceptors (Lipinski definition) is 5. The average Bonchev–Trinajstić information content (AvgIpc) is 3.54. The minimum absolute atomic E-state index is 0.323. The highest BCUT2D eigenvalue weighted by atomic mass is 32.2. The molecule has 2 aliphatic heterocycles. The molecule has 0 radical (unpaired) electrons. The van der Waals surface area contributed by atoms with Crippen molar-refractivity contribution < 1.29 is 9.90 Å². The Kier molecular flexibility index (Phi) is 5.20. The molecule has 2 heterocycles. The van der Waals surface area contributed by atoms with Crippen LogP contribution in [-0.4, -0.2) is 40.8 Å². The van der Waals surface area contributed by atoms with Gasteiger partial charge in [0.1, 0.15) is 0 Å². The largest absolute Gasteiger partial charge is 0.478 e. The molecule has 3 aromatic carbocycles. The van der Waals surface area contributed by atoms with Crippen molar-refractivity contribution in [3.05, 3.63) is 72.3 Å². The summed E-state index contributed by atoms with van der Waals surface area (Å²) >= 11 is 3.61. The van der Waals surface area contributed by atoms with E-state index in [0.717, 1.165) is 17.7 Å². The van der Waals surface area contributed by atoms with Crippen LogP contribution < -0.4 is 4.90 Å². The molecule has 33 heavy (non-hydrogen) atoms. The Bertz CT molecular complexity index is 1230. The van der Waals surface area contributed by atoms with E-state index in [2.05, 4.69) is 57.9 Å². The number of thioether (sulfide) groups is 1. The zero-order chi connectivity index (χ0) is 22.6. The van der Waals surface area contributed by atoms with Crippen LogP contribution in [0.25, 0.3) is 11.1 Å². The summed E-state index contributed by atoms with van der Waals surface area (Å²) in [6, 6.07) is 23.1. The second-order valence-electron chi connectivity index (χ2n) is 9.38. The van der Waals surface area contributed by atoms with E-state index < -0.39 is 5.97 Å². The number of benzene rings is 3. The maximum absolute atomic E-state index is 11.6. The summed E-state index contributed by atoms with van der Waals surface area (Å²) in [6.07, 6.45) is 6.09. The summed E-state index contributed by atoms with van der Waals surface area (Å²) in [6.45, 7) is 2.16. The molecule has 1 spiro atoms. The van der Waals surface area contributed by atoms with Crippen molar-refractivity contribution in [3.8, 4) is 11.1 Å². The molecule has 1 unspecified atom stereocenters. The number of carboxylic acid groups (broad SMARTS) is 1. The molecule has 168 valence electrons. The number of anilines is 2. The lowest BCUT2D eigenvalue weighted by atomic mass is 10.0. The third-order valence-corrected chi connectivity index (χ3v) is 9.16. The highest BCUT2D eigenvalue weighted by molar-refractivity contribution is 7.98. The Morgan fingerprint density at radius 2 is 1.91 bits per heavy atom. The standard InChI is InChI=1S/C27H26N2O2S2/c1-32-24-14-23-25(13-22(24)18-6-5-7-19(12-18)26(30)31)33-29-17-27(10-11-27)15-21(29)16-28(23)20-8-3-2-4-9-20/h2-9,12-14,21H,10-11,15-17H2,1H3,(H,30,31). The molecule has 1 aliphatic carbocycles. The van der Waals surface area contributed by atoms with Crippen molar-refractivity contribution in [2.45, 2.75) is 35.1 Å². The lowest BCUT2D eigenvalue weighted by Crippen LogP contribution is -2.32. The molecule has 3 aromatic rings. The molecule has 1 N–H and O–H groups in total. The van der Waals surface area contributed by atoms with E-state index in [1.54, 1.807) is 23.9 Å². The smallest absolute Gasteiger partial charge is 0.335 e. The van der Waals surface area contributed by atoms with E-state index in [1.165, 1.54) is 47.0 Å². The van der Waals surface area contributed by atoms with Crippen LogP contribution in [0.15, 0.2) is 76.5 Å². The van der Waals surface area contributed by atoms with Crippen molar-refractivity contribution in [1.29, 1.82) is 0 Å². The molecule has 6 heteroatoms. The summed E-state index contributed by atoms with van der Waals surface area (Å²) in [5, 5.41) is 9.51. The first-order valence-electron chi connectivity index (χ1n) is 11.4. The van der Waals surface area contributed by atoms with Crippen LogP contribution in [0.3, 0.4) is 0 Å². The molecule has 2 fully saturated rings. The minimum Gasteiger partial charge on any atom is -0.478 e. The van der Waals surface area contributed by atoms with E-state index in [9.17, 15) is 9.90 Å². The Balaban J connectivity index is 1.49. The van der Waals surface area contributed by atoms with Gasteiger partial charge in [0, 0.05) is 34.6 Å². The first kappa shape index (κ1) is 21.1. The lowest BCUT2D eigenvalue weighted by molar-refractivity contribution is 0.0697. The van der Waals surface area contributed by atoms with Gasteiger partial charge in [-0.3, -0.25) is 0 Å². The van der Waals surface area contributed by atoms with Gasteiger partial charge in [-0.15, -0.1) is 11.8 Å².